The van der Waals surface area contributed by atoms with Gasteiger partial charge in [0.05, 0.1) is 0 Å². The fourth-order valence-electron chi connectivity index (χ4n) is 5.52. The number of aromatic nitrogens is 1. The number of aryl methyl sites for hydroxylation is 2. The molecule has 0 aliphatic carbocycles. The largest absolute Gasteiger partial charge is 0.480 e. The minimum absolute atomic E-state index is 0.0956. The molecule has 7 heteroatoms. The summed E-state index contributed by atoms with van der Waals surface area (Å²) in [6.45, 7) is 3.84. The number of aliphatic carboxylic acids is 1. The lowest BCUT2D eigenvalue weighted by molar-refractivity contribution is -0.142. The SMILES string of the molecule is Cc1cc(C)cc(C(=O)N(C)[C@@H](Cc2ccc(-c3ccccc3)cc2)C(=O)N[C@H](Cc2c[nH]c3ccccc23)C(=O)O)c1. The van der Waals surface area contributed by atoms with Crippen molar-refractivity contribution in [1.29, 1.82) is 0 Å². The molecule has 0 radical (unpaired) electrons. The smallest absolute Gasteiger partial charge is 0.326 e. The molecule has 0 unspecified atom stereocenters. The Morgan fingerprint density at radius 2 is 1.44 bits per heavy atom. The standard InChI is InChI=1S/C36H35N3O4/c1-23-17-24(2)19-28(18-23)35(41)39(3)33(20-25-13-15-27(16-14-25)26-9-5-4-6-10-26)34(40)38-32(36(42)43)21-29-22-37-31-12-8-7-11-30(29)31/h4-19,22,32-33,37H,20-21H2,1-3H3,(H,38,40)(H,42,43)/t32-,33+/m1/s1. The molecule has 1 aromatic heterocycles. The topological polar surface area (TPSA) is 103 Å². The Morgan fingerprint density at radius 1 is 0.814 bits per heavy atom. The number of benzene rings is 4. The molecule has 4 aromatic carbocycles. The third-order valence-corrected chi connectivity index (χ3v) is 7.76. The van der Waals surface area contributed by atoms with Gasteiger partial charge in [0.1, 0.15) is 12.1 Å². The zero-order chi connectivity index (χ0) is 30.5. The van der Waals surface area contributed by atoms with E-state index in [2.05, 4.69) is 10.3 Å². The fourth-order valence-corrected chi connectivity index (χ4v) is 5.52. The summed E-state index contributed by atoms with van der Waals surface area (Å²) in [7, 11) is 1.60. The number of likely N-dealkylation sites (N-methyl/N-ethyl adjacent to an activating group) is 1. The third kappa shape index (κ3) is 6.84. The van der Waals surface area contributed by atoms with Gasteiger partial charge in [-0.25, -0.2) is 4.79 Å². The van der Waals surface area contributed by atoms with E-state index in [1.165, 1.54) is 4.90 Å². The molecule has 0 aliphatic rings. The Balaban J connectivity index is 1.42. The van der Waals surface area contributed by atoms with Crippen LogP contribution in [-0.2, 0) is 22.4 Å². The van der Waals surface area contributed by atoms with E-state index in [9.17, 15) is 19.5 Å². The highest BCUT2D eigenvalue weighted by Crippen LogP contribution is 2.22. The average molecular weight is 574 g/mol. The van der Waals surface area contributed by atoms with Crippen molar-refractivity contribution in [3.8, 4) is 11.1 Å². The number of carboxylic acids is 1. The molecule has 2 amide bonds. The van der Waals surface area contributed by atoms with Crippen molar-refractivity contribution in [3.05, 3.63) is 131 Å². The van der Waals surface area contributed by atoms with Crippen molar-refractivity contribution < 1.29 is 19.5 Å². The van der Waals surface area contributed by atoms with Gasteiger partial charge in [0.25, 0.3) is 5.91 Å². The molecular weight excluding hydrogens is 538 g/mol. The van der Waals surface area contributed by atoms with Gasteiger partial charge in [-0.15, -0.1) is 0 Å². The Kier molecular flexibility index (Phi) is 8.71. The van der Waals surface area contributed by atoms with E-state index < -0.39 is 24.0 Å². The molecule has 5 rings (SSSR count). The maximum Gasteiger partial charge on any atom is 0.326 e. The van der Waals surface area contributed by atoms with Gasteiger partial charge < -0.3 is 20.3 Å². The number of carbonyl (C=O) groups is 3. The van der Waals surface area contributed by atoms with Crippen molar-refractivity contribution in [2.45, 2.75) is 38.8 Å². The van der Waals surface area contributed by atoms with Crippen LogP contribution in [0, 0.1) is 13.8 Å². The minimum atomic E-state index is -1.18. The van der Waals surface area contributed by atoms with Crippen LogP contribution in [0.2, 0.25) is 0 Å². The van der Waals surface area contributed by atoms with Crippen LogP contribution in [0.25, 0.3) is 22.0 Å². The molecule has 0 spiro atoms. The van der Waals surface area contributed by atoms with Gasteiger partial charge in [0, 0.05) is 42.6 Å². The number of carbonyl (C=O) groups excluding carboxylic acids is 2. The molecule has 43 heavy (non-hydrogen) atoms. The molecule has 0 fully saturated rings. The Hall–Kier alpha value is -5.17. The first kappa shape index (κ1) is 29.3. The lowest BCUT2D eigenvalue weighted by Gasteiger charge is -2.29. The van der Waals surface area contributed by atoms with E-state index in [4.69, 9.17) is 0 Å². The number of rotatable bonds is 10. The molecule has 0 saturated heterocycles. The van der Waals surface area contributed by atoms with Crippen LogP contribution in [0.3, 0.4) is 0 Å². The first-order valence-electron chi connectivity index (χ1n) is 14.3. The summed E-state index contributed by atoms with van der Waals surface area (Å²) < 4.78 is 0. The Morgan fingerprint density at radius 3 is 2.12 bits per heavy atom. The van der Waals surface area contributed by atoms with Gasteiger partial charge >= 0.3 is 5.97 Å². The number of para-hydroxylation sites is 1. The van der Waals surface area contributed by atoms with Crippen molar-refractivity contribution in [2.24, 2.45) is 0 Å². The molecule has 1 heterocycles. The summed E-state index contributed by atoms with van der Waals surface area (Å²) in [5.41, 5.74) is 7.01. The number of amides is 2. The van der Waals surface area contributed by atoms with Crippen molar-refractivity contribution in [2.75, 3.05) is 7.05 Å². The summed E-state index contributed by atoms with van der Waals surface area (Å²) >= 11 is 0. The fraction of sp³-hybridized carbons (Fsp3) is 0.194. The number of hydrogen-bond acceptors (Lipinski definition) is 3. The summed E-state index contributed by atoms with van der Waals surface area (Å²) in [6, 6.07) is 28.9. The molecule has 0 aliphatic heterocycles. The van der Waals surface area contributed by atoms with E-state index in [0.717, 1.165) is 44.3 Å². The normalized spacial score (nSPS) is 12.4. The van der Waals surface area contributed by atoms with Crippen LogP contribution in [0.5, 0.6) is 0 Å². The molecule has 7 nitrogen and oxygen atoms in total. The van der Waals surface area contributed by atoms with Gasteiger partial charge in [0.2, 0.25) is 5.91 Å². The number of aromatic amines is 1. The number of hydrogen-bond donors (Lipinski definition) is 3. The first-order valence-corrected chi connectivity index (χ1v) is 14.3. The molecule has 0 saturated carbocycles. The number of fused-ring (bicyclic) bond motifs is 1. The Bertz CT molecular complexity index is 1740. The van der Waals surface area contributed by atoms with E-state index in [-0.39, 0.29) is 18.7 Å². The highest BCUT2D eigenvalue weighted by molar-refractivity contribution is 5.98. The highest BCUT2D eigenvalue weighted by Gasteiger charge is 2.32. The van der Waals surface area contributed by atoms with Crippen molar-refractivity contribution in [1.82, 2.24) is 15.2 Å². The second-order valence-corrected chi connectivity index (χ2v) is 11.0. The van der Waals surface area contributed by atoms with Crippen LogP contribution in [-0.4, -0.2) is 51.9 Å². The van der Waals surface area contributed by atoms with Gasteiger partial charge in [-0.2, -0.15) is 0 Å². The third-order valence-electron chi connectivity index (χ3n) is 7.76. The Labute approximate surface area is 251 Å². The summed E-state index contributed by atoms with van der Waals surface area (Å²) in [4.78, 5) is 44.5. The van der Waals surface area contributed by atoms with E-state index in [1.807, 2.05) is 98.8 Å². The zero-order valence-corrected chi connectivity index (χ0v) is 24.5. The number of H-pyrrole nitrogens is 1. The molecular formula is C36H35N3O4. The monoisotopic (exact) mass is 573 g/mol. The average Bonchev–Trinajstić information content (AvgIpc) is 3.41. The van der Waals surface area contributed by atoms with Crippen LogP contribution in [0.4, 0.5) is 0 Å². The summed E-state index contributed by atoms with van der Waals surface area (Å²) in [5.74, 6) is -1.98. The van der Waals surface area contributed by atoms with Gasteiger partial charge in [0.15, 0.2) is 0 Å². The quantitative estimate of drug-likeness (QED) is 0.192. The predicted molar refractivity (Wildman–Crippen MR) is 169 cm³/mol. The predicted octanol–water partition coefficient (Wildman–Crippen LogP) is 5.95. The first-order chi connectivity index (χ1) is 20.7. The van der Waals surface area contributed by atoms with Crippen molar-refractivity contribution in [3.63, 3.8) is 0 Å². The second kappa shape index (κ2) is 12.8. The lowest BCUT2D eigenvalue weighted by Crippen LogP contribution is -2.53. The number of carboxylic acid groups (broad SMARTS) is 1. The molecule has 3 N–H and O–H groups in total. The zero-order valence-electron chi connectivity index (χ0n) is 24.5. The van der Waals surface area contributed by atoms with Crippen LogP contribution < -0.4 is 5.32 Å². The van der Waals surface area contributed by atoms with Gasteiger partial charge in [-0.05, 0) is 54.3 Å². The van der Waals surface area contributed by atoms with Crippen LogP contribution in [0.15, 0.2) is 103 Å². The van der Waals surface area contributed by atoms with Gasteiger partial charge in [-0.3, -0.25) is 9.59 Å². The van der Waals surface area contributed by atoms with Crippen LogP contribution >= 0.6 is 0 Å². The lowest BCUT2D eigenvalue weighted by atomic mass is 9.98. The van der Waals surface area contributed by atoms with Gasteiger partial charge in [-0.1, -0.05) is 90.0 Å². The van der Waals surface area contributed by atoms with Crippen LogP contribution in [0.1, 0.15) is 32.6 Å². The molecule has 5 aromatic rings. The summed E-state index contributed by atoms with van der Waals surface area (Å²) in [5, 5.41) is 13.7. The minimum Gasteiger partial charge on any atom is -0.480 e. The number of nitrogens with one attached hydrogen (secondary N) is 2. The summed E-state index contributed by atoms with van der Waals surface area (Å²) in [6.07, 6.45) is 2.08. The number of nitrogens with zero attached hydrogens (tertiary/aromatic N) is 1. The second-order valence-electron chi connectivity index (χ2n) is 11.0. The van der Waals surface area contributed by atoms with E-state index in [1.54, 1.807) is 25.4 Å². The highest BCUT2D eigenvalue weighted by atomic mass is 16.4. The maximum absolute atomic E-state index is 13.9. The van der Waals surface area contributed by atoms with E-state index >= 15 is 0 Å². The van der Waals surface area contributed by atoms with E-state index in [0.29, 0.717) is 5.56 Å². The molecule has 0 bridgehead atoms. The molecule has 218 valence electrons. The maximum atomic E-state index is 13.9. The van der Waals surface area contributed by atoms with Crippen molar-refractivity contribution >= 4 is 28.7 Å². The molecule has 2 atom stereocenters.